The number of Topliss-reactive ketones (excluding diaryl/α,β-unsaturated/α-hetero) is 2. The first-order chi connectivity index (χ1) is 10.9. The third-order valence-electron chi connectivity index (χ3n) is 7.01. The average Bonchev–Trinajstić information content (AvgIpc) is 2.75. The van der Waals surface area contributed by atoms with Crippen molar-refractivity contribution in [2.24, 2.45) is 23.2 Å². The highest BCUT2D eigenvalue weighted by Gasteiger charge is 2.62. The number of hydrogen-bond acceptors (Lipinski definition) is 4. The van der Waals surface area contributed by atoms with Crippen LogP contribution in [0.25, 0.3) is 0 Å². The molecule has 2 N–H and O–H groups in total. The van der Waals surface area contributed by atoms with Crippen LogP contribution in [0.2, 0.25) is 0 Å². The van der Waals surface area contributed by atoms with Crippen LogP contribution in [0.1, 0.15) is 66.7 Å². The summed E-state index contributed by atoms with van der Waals surface area (Å²) < 4.78 is 0. The summed E-state index contributed by atoms with van der Waals surface area (Å²) in [6, 6.07) is 0. The number of carbonyl (C=O) groups is 2. The van der Waals surface area contributed by atoms with E-state index in [-0.39, 0.29) is 35.7 Å². The van der Waals surface area contributed by atoms with Crippen LogP contribution in [0, 0.1) is 23.2 Å². The summed E-state index contributed by atoms with van der Waals surface area (Å²) in [4.78, 5) is 25.2. The van der Waals surface area contributed by atoms with Gasteiger partial charge in [0.2, 0.25) is 0 Å². The van der Waals surface area contributed by atoms with E-state index >= 15 is 0 Å². The number of aliphatic hydroxyl groups is 2. The zero-order chi connectivity index (χ0) is 18.1. The highest BCUT2D eigenvalue weighted by molar-refractivity contribution is 6.01. The normalized spacial score (nSPS) is 46.2. The topological polar surface area (TPSA) is 74.6 Å². The third kappa shape index (κ3) is 2.26. The Kier molecular flexibility index (Phi) is 3.89. The highest BCUT2D eigenvalue weighted by Crippen LogP contribution is 2.58. The largest absolute Gasteiger partial charge is 0.385 e. The Morgan fingerprint density at radius 3 is 2.25 bits per heavy atom. The first-order valence-electron chi connectivity index (χ1n) is 9.18. The average molecular weight is 334 g/mol. The lowest BCUT2D eigenvalue weighted by Gasteiger charge is -2.43. The minimum Gasteiger partial charge on any atom is -0.385 e. The molecule has 0 aliphatic heterocycles. The van der Waals surface area contributed by atoms with Crippen molar-refractivity contribution in [2.75, 3.05) is 0 Å². The maximum Gasteiger partial charge on any atom is 0.165 e. The molecule has 0 saturated heterocycles. The van der Waals surface area contributed by atoms with E-state index in [9.17, 15) is 19.8 Å². The zero-order valence-electron chi connectivity index (χ0n) is 15.5. The van der Waals surface area contributed by atoms with Gasteiger partial charge in [-0.25, -0.2) is 0 Å². The van der Waals surface area contributed by atoms with Crippen LogP contribution >= 0.6 is 0 Å². The molecule has 0 heterocycles. The van der Waals surface area contributed by atoms with Gasteiger partial charge in [0.25, 0.3) is 0 Å². The van der Waals surface area contributed by atoms with Gasteiger partial charge in [0, 0.05) is 24.3 Å². The molecule has 0 unspecified atom stereocenters. The number of ketones is 2. The SMILES string of the molecule is CC(C)[C@@]1(O)C(=O)C[C@]2(C)CC3=C(C(=O)C[C@@]3(C)O)[C@@H](C)CC[C@H]21. The molecule has 0 radical (unpaired) electrons. The number of rotatable bonds is 1. The van der Waals surface area contributed by atoms with Crippen LogP contribution in [0.4, 0.5) is 0 Å². The van der Waals surface area contributed by atoms with E-state index < -0.39 is 16.6 Å². The molecule has 1 saturated carbocycles. The van der Waals surface area contributed by atoms with Crippen molar-refractivity contribution < 1.29 is 19.8 Å². The summed E-state index contributed by atoms with van der Waals surface area (Å²) in [7, 11) is 0. The van der Waals surface area contributed by atoms with Crippen molar-refractivity contribution in [3.05, 3.63) is 11.1 Å². The van der Waals surface area contributed by atoms with Gasteiger partial charge in [0.15, 0.2) is 11.6 Å². The maximum atomic E-state index is 12.7. The molecule has 0 bridgehead atoms. The summed E-state index contributed by atoms with van der Waals surface area (Å²) >= 11 is 0. The molecule has 1 fully saturated rings. The molecule has 24 heavy (non-hydrogen) atoms. The maximum absolute atomic E-state index is 12.7. The molecule has 5 atom stereocenters. The lowest BCUT2D eigenvalue weighted by molar-refractivity contribution is -0.143. The molecule has 4 nitrogen and oxygen atoms in total. The lowest BCUT2D eigenvalue weighted by Crippen LogP contribution is -2.48. The van der Waals surface area contributed by atoms with Gasteiger partial charge in [0.1, 0.15) is 5.60 Å². The second-order valence-electron chi connectivity index (χ2n) is 9.21. The van der Waals surface area contributed by atoms with Gasteiger partial charge in [-0.1, -0.05) is 27.7 Å². The zero-order valence-corrected chi connectivity index (χ0v) is 15.5. The van der Waals surface area contributed by atoms with Gasteiger partial charge in [-0.2, -0.15) is 0 Å². The highest BCUT2D eigenvalue weighted by atomic mass is 16.3. The van der Waals surface area contributed by atoms with E-state index in [1.54, 1.807) is 6.92 Å². The second-order valence-corrected chi connectivity index (χ2v) is 9.21. The molecular weight excluding hydrogens is 304 g/mol. The molecule has 4 heteroatoms. The first-order valence-corrected chi connectivity index (χ1v) is 9.18. The summed E-state index contributed by atoms with van der Waals surface area (Å²) in [5, 5.41) is 22.0. The van der Waals surface area contributed by atoms with Crippen LogP contribution in [-0.2, 0) is 9.59 Å². The van der Waals surface area contributed by atoms with Crippen molar-refractivity contribution >= 4 is 11.6 Å². The van der Waals surface area contributed by atoms with Crippen molar-refractivity contribution in [1.82, 2.24) is 0 Å². The molecule has 0 aromatic heterocycles. The Labute approximate surface area is 144 Å². The Morgan fingerprint density at radius 1 is 1.04 bits per heavy atom. The molecular formula is C20H30O4. The standard InChI is InChI=1S/C20H30O4/c1-11(2)20(24)15-7-6-12(3)17-13(19(5,23)9-14(17)21)8-18(15,4)10-16(20)22/h11-12,15,23-24H,6-10H2,1-5H3/t12-,15+,18-,19+,20-/m0/s1. The predicted octanol–water partition coefficient (Wildman–Crippen LogP) is 2.81. The van der Waals surface area contributed by atoms with Gasteiger partial charge < -0.3 is 10.2 Å². The number of carbonyl (C=O) groups excluding carboxylic acids is 2. The van der Waals surface area contributed by atoms with Crippen LogP contribution in [0.3, 0.4) is 0 Å². The Balaban J connectivity index is 2.11. The smallest absolute Gasteiger partial charge is 0.165 e. The fourth-order valence-electron chi connectivity index (χ4n) is 5.63. The summed E-state index contributed by atoms with van der Waals surface area (Å²) in [5.41, 5.74) is -1.21. The van der Waals surface area contributed by atoms with Gasteiger partial charge >= 0.3 is 0 Å². The van der Waals surface area contributed by atoms with Crippen LogP contribution in [0.5, 0.6) is 0 Å². The minimum absolute atomic E-state index is 0.0491. The van der Waals surface area contributed by atoms with Gasteiger partial charge in [-0.3, -0.25) is 9.59 Å². The van der Waals surface area contributed by atoms with Gasteiger partial charge in [-0.15, -0.1) is 0 Å². The molecule has 0 aromatic rings. The van der Waals surface area contributed by atoms with E-state index in [2.05, 4.69) is 6.92 Å². The molecule has 0 amide bonds. The Bertz CT molecular complexity index is 630. The molecule has 3 aliphatic carbocycles. The van der Waals surface area contributed by atoms with Gasteiger partial charge in [0.05, 0.1) is 5.60 Å². The fraction of sp³-hybridized carbons (Fsp3) is 0.800. The van der Waals surface area contributed by atoms with Crippen molar-refractivity contribution in [3.63, 3.8) is 0 Å². The summed E-state index contributed by atoms with van der Waals surface area (Å²) in [5.74, 6) is -0.219. The minimum atomic E-state index is -1.29. The molecule has 0 spiro atoms. The predicted molar refractivity (Wildman–Crippen MR) is 91.3 cm³/mol. The molecule has 3 rings (SSSR count). The van der Waals surface area contributed by atoms with Crippen LogP contribution in [0.15, 0.2) is 11.1 Å². The second kappa shape index (κ2) is 5.25. The van der Waals surface area contributed by atoms with E-state index in [0.717, 1.165) is 24.0 Å². The van der Waals surface area contributed by atoms with Crippen molar-refractivity contribution in [2.45, 2.75) is 77.9 Å². The third-order valence-corrected chi connectivity index (χ3v) is 7.01. The van der Waals surface area contributed by atoms with E-state index in [0.29, 0.717) is 12.8 Å². The van der Waals surface area contributed by atoms with Gasteiger partial charge in [-0.05, 0) is 49.0 Å². The first kappa shape index (κ1) is 17.8. The fourth-order valence-corrected chi connectivity index (χ4v) is 5.63. The molecule has 3 aliphatic rings. The van der Waals surface area contributed by atoms with E-state index in [1.165, 1.54) is 0 Å². The number of hydrogen-bond donors (Lipinski definition) is 2. The number of allylic oxidation sites excluding steroid dienone is 1. The molecule has 134 valence electrons. The van der Waals surface area contributed by atoms with E-state index in [4.69, 9.17) is 0 Å². The molecule has 0 aromatic carbocycles. The van der Waals surface area contributed by atoms with E-state index in [1.807, 2.05) is 20.8 Å². The van der Waals surface area contributed by atoms with Crippen LogP contribution < -0.4 is 0 Å². The Hall–Kier alpha value is -1.00. The monoisotopic (exact) mass is 334 g/mol. The van der Waals surface area contributed by atoms with Crippen molar-refractivity contribution in [1.29, 1.82) is 0 Å². The summed E-state index contributed by atoms with van der Waals surface area (Å²) in [6.45, 7) is 9.61. The summed E-state index contributed by atoms with van der Waals surface area (Å²) in [6.07, 6.45) is 2.50. The van der Waals surface area contributed by atoms with Crippen LogP contribution in [-0.4, -0.2) is 33.0 Å². The number of fused-ring (bicyclic) bond motifs is 1. The Morgan fingerprint density at radius 2 is 1.67 bits per heavy atom. The lowest BCUT2D eigenvalue weighted by atomic mass is 9.63. The quantitative estimate of drug-likeness (QED) is 0.773. The van der Waals surface area contributed by atoms with Crippen molar-refractivity contribution in [3.8, 4) is 0 Å².